The molecule has 9 heteroatoms. The van der Waals surface area contributed by atoms with Crippen LogP contribution in [0.4, 0.5) is 13.6 Å². The maximum absolute atomic E-state index is 15.1. The number of benzene rings is 2. The lowest BCUT2D eigenvalue weighted by Gasteiger charge is -2.32. The van der Waals surface area contributed by atoms with E-state index in [1.54, 1.807) is 6.07 Å². The van der Waals surface area contributed by atoms with Crippen LogP contribution in [-0.4, -0.2) is 56.9 Å². The standard InChI is InChI=1S/C24H24F2N2O5/c1-13-4-5-16-17(11-15-12-28(6-7-32-15)24(30)31-3)22(33-20(16)8-13)21-18(25)9-14(10-19(21)26)23(29)27-2/h4-5,8-10,15H,6-7,11-12H2,1-3H3,(H,27,29). The molecule has 0 bridgehead atoms. The number of amides is 2. The van der Waals surface area contributed by atoms with Crippen LogP contribution < -0.4 is 5.32 Å². The SMILES string of the molecule is CNC(=O)c1cc(F)c(-c2oc3cc(C)ccc3c2CC2CN(C(=O)OC)CCO2)c(F)c1. The molecule has 0 spiro atoms. The second-order valence-corrected chi connectivity index (χ2v) is 7.92. The lowest BCUT2D eigenvalue weighted by molar-refractivity contribution is -0.0235. The van der Waals surface area contributed by atoms with Crippen LogP contribution in [0.25, 0.3) is 22.3 Å². The molecule has 7 nitrogen and oxygen atoms in total. The Morgan fingerprint density at radius 3 is 2.61 bits per heavy atom. The summed E-state index contributed by atoms with van der Waals surface area (Å²) in [5, 5.41) is 3.05. The summed E-state index contributed by atoms with van der Waals surface area (Å²) in [6.45, 7) is 2.86. The van der Waals surface area contributed by atoms with E-state index in [9.17, 15) is 9.59 Å². The lowest BCUT2D eigenvalue weighted by atomic mass is 9.97. The summed E-state index contributed by atoms with van der Waals surface area (Å²) < 4.78 is 46.8. The summed E-state index contributed by atoms with van der Waals surface area (Å²) in [6.07, 6.45) is -0.623. The van der Waals surface area contributed by atoms with Gasteiger partial charge in [-0.1, -0.05) is 12.1 Å². The molecule has 1 aliphatic rings. The minimum atomic E-state index is -0.911. The number of aryl methyl sites for hydroxylation is 1. The van der Waals surface area contributed by atoms with Crippen LogP contribution in [0, 0.1) is 18.6 Å². The van der Waals surface area contributed by atoms with E-state index in [-0.39, 0.29) is 29.9 Å². The van der Waals surface area contributed by atoms with Gasteiger partial charge in [-0.25, -0.2) is 13.6 Å². The summed E-state index contributed by atoms with van der Waals surface area (Å²) in [4.78, 5) is 25.3. The first-order chi connectivity index (χ1) is 15.8. The van der Waals surface area contributed by atoms with Gasteiger partial charge in [-0.2, -0.15) is 0 Å². The molecule has 1 aliphatic heterocycles. The molecule has 2 aromatic carbocycles. The maximum atomic E-state index is 15.1. The van der Waals surface area contributed by atoms with Gasteiger partial charge in [0.2, 0.25) is 0 Å². The highest BCUT2D eigenvalue weighted by Gasteiger charge is 2.29. The highest BCUT2D eigenvalue weighted by Crippen LogP contribution is 2.38. The number of halogens is 2. The molecule has 0 aliphatic carbocycles. The second-order valence-electron chi connectivity index (χ2n) is 7.92. The van der Waals surface area contributed by atoms with E-state index in [2.05, 4.69) is 5.32 Å². The Morgan fingerprint density at radius 2 is 1.94 bits per heavy atom. The van der Waals surface area contributed by atoms with Crippen molar-refractivity contribution in [2.45, 2.75) is 19.4 Å². The summed E-state index contributed by atoms with van der Waals surface area (Å²) >= 11 is 0. The zero-order valence-corrected chi connectivity index (χ0v) is 18.5. The normalized spacial score (nSPS) is 16.2. The highest BCUT2D eigenvalue weighted by atomic mass is 19.1. The molecule has 2 amide bonds. The van der Waals surface area contributed by atoms with Crippen molar-refractivity contribution >= 4 is 23.0 Å². The zero-order chi connectivity index (χ0) is 23.7. The van der Waals surface area contributed by atoms with Crippen LogP contribution in [0.2, 0.25) is 0 Å². The average molecular weight is 458 g/mol. The average Bonchev–Trinajstić information content (AvgIpc) is 3.14. The number of nitrogens with one attached hydrogen (secondary N) is 1. The van der Waals surface area contributed by atoms with Gasteiger partial charge in [0.15, 0.2) is 0 Å². The van der Waals surface area contributed by atoms with Crippen LogP contribution >= 0.6 is 0 Å². The predicted molar refractivity (Wildman–Crippen MR) is 117 cm³/mol. The lowest BCUT2D eigenvalue weighted by Crippen LogP contribution is -2.46. The molecule has 3 aromatic rings. The smallest absolute Gasteiger partial charge is 0.409 e. The fourth-order valence-corrected chi connectivity index (χ4v) is 4.09. The van der Waals surface area contributed by atoms with Crippen LogP contribution in [0.15, 0.2) is 34.7 Å². The van der Waals surface area contributed by atoms with Gasteiger partial charge in [-0.15, -0.1) is 0 Å². The monoisotopic (exact) mass is 458 g/mol. The van der Waals surface area contributed by atoms with Crippen molar-refractivity contribution in [1.82, 2.24) is 10.2 Å². The maximum Gasteiger partial charge on any atom is 0.409 e. The Balaban J connectivity index is 1.79. The van der Waals surface area contributed by atoms with Crippen LogP contribution in [0.1, 0.15) is 21.5 Å². The Kier molecular flexibility index (Phi) is 6.33. The Labute approximate surface area is 189 Å². The number of carbonyl (C=O) groups excluding carboxylic acids is 2. The van der Waals surface area contributed by atoms with Crippen molar-refractivity contribution < 1.29 is 32.3 Å². The Hall–Kier alpha value is -3.46. The fraction of sp³-hybridized carbons (Fsp3) is 0.333. The topological polar surface area (TPSA) is 81.0 Å². The van der Waals surface area contributed by atoms with E-state index in [1.165, 1.54) is 19.1 Å². The second kappa shape index (κ2) is 9.19. The minimum Gasteiger partial charge on any atom is -0.456 e. The van der Waals surface area contributed by atoms with Gasteiger partial charge in [0.05, 0.1) is 31.9 Å². The first-order valence-corrected chi connectivity index (χ1v) is 10.5. The summed E-state index contributed by atoms with van der Waals surface area (Å²) in [7, 11) is 2.69. The van der Waals surface area contributed by atoms with Crippen LogP contribution in [0.5, 0.6) is 0 Å². The molecule has 1 fully saturated rings. The molecule has 4 rings (SSSR count). The third-order valence-electron chi connectivity index (χ3n) is 5.71. The van der Waals surface area contributed by atoms with Gasteiger partial charge in [-0.3, -0.25) is 4.79 Å². The van der Waals surface area contributed by atoms with E-state index < -0.39 is 29.7 Å². The quantitative estimate of drug-likeness (QED) is 0.638. The number of rotatable bonds is 4. The molecule has 1 atom stereocenters. The molecule has 1 unspecified atom stereocenters. The van der Waals surface area contributed by atoms with Gasteiger partial charge >= 0.3 is 6.09 Å². The van der Waals surface area contributed by atoms with E-state index in [0.29, 0.717) is 29.7 Å². The number of ether oxygens (including phenoxy) is 2. The number of methoxy groups -OCH3 is 1. The molecule has 2 heterocycles. The number of nitrogens with zero attached hydrogens (tertiary/aromatic N) is 1. The van der Waals surface area contributed by atoms with Gasteiger partial charge < -0.3 is 24.1 Å². The zero-order valence-electron chi connectivity index (χ0n) is 18.5. The van der Waals surface area contributed by atoms with Crippen LogP contribution in [0.3, 0.4) is 0 Å². The van der Waals surface area contributed by atoms with E-state index >= 15 is 8.78 Å². The van der Waals surface area contributed by atoms with Crippen molar-refractivity contribution in [3.63, 3.8) is 0 Å². The summed E-state index contributed by atoms with van der Waals surface area (Å²) in [6, 6.07) is 7.47. The van der Waals surface area contributed by atoms with Gasteiger partial charge in [-0.05, 0) is 30.7 Å². The fourth-order valence-electron chi connectivity index (χ4n) is 4.09. The Bertz CT molecular complexity index is 1200. The molecule has 0 saturated carbocycles. The van der Waals surface area contributed by atoms with Crippen LogP contribution in [-0.2, 0) is 15.9 Å². The van der Waals surface area contributed by atoms with Gasteiger partial charge in [0.25, 0.3) is 5.91 Å². The Morgan fingerprint density at radius 1 is 1.21 bits per heavy atom. The van der Waals surface area contributed by atoms with E-state index in [0.717, 1.165) is 17.7 Å². The van der Waals surface area contributed by atoms with Gasteiger partial charge in [0.1, 0.15) is 23.0 Å². The molecule has 0 radical (unpaired) electrons. The molecule has 1 N–H and O–H groups in total. The minimum absolute atomic E-state index is 0.0350. The molecular weight excluding hydrogens is 434 g/mol. The van der Waals surface area contributed by atoms with E-state index in [1.807, 2.05) is 19.1 Å². The molecule has 174 valence electrons. The third kappa shape index (κ3) is 4.41. The predicted octanol–water partition coefficient (Wildman–Crippen LogP) is 4.06. The molecule has 33 heavy (non-hydrogen) atoms. The number of fused-ring (bicyclic) bond motifs is 1. The summed E-state index contributed by atoms with van der Waals surface area (Å²) in [5.41, 5.74) is 1.49. The van der Waals surface area contributed by atoms with Crippen molar-refractivity contribution in [3.05, 3.63) is 58.7 Å². The summed E-state index contributed by atoms with van der Waals surface area (Å²) in [5.74, 6) is -2.39. The number of furan rings is 1. The third-order valence-corrected chi connectivity index (χ3v) is 5.71. The first kappa shape index (κ1) is 22.7. The highest BCUT2D eigenvalue weighted by molar-refractivity contribution is 5.95. The number of hydrogen-bond donors (Lipinski definition) is 1. The number of hydrogen-bond acceptors (Lipinski definition) is 5. The van der Waals surface area contributed by atoms with Crippen molar-refractivity contribution in [3.8, 4) is 11.3 Å². The van der Waals surface area contributed by atoms with Crippen molar-refractivity contribution in [2.24, 2.45) is 0 Å². The van der Waals surface area contributed by atoms with E-state index in [4.69, 9.17) is 13.9 Å². The molecule has 1 aromatic heterocycles. The molecular formula is C24H24F2N2O5. The number of carbonyl (C=O) groups is 2. The van der Waals surface area contributed by atoms with Crippen molar-refractivity contribution in [1.29, 1.82) is 0 Å². The number of morpholine rings is 1. The molecule has 1 saturated heterocycles. The largest absolute Gasteiger partial charge is 0.456 e. The first-order valence-electron chi connectivity index (χ1n) is 10.5. The van der Waals surface area contributed by atoms with Crippen molar-refractivity contribution in [2.75, 3.05) is 33.9 Å². The van der Waals surface area contributed by atoms with Gasteiger partial charge in [0, 0.05) is 36.5 Å².